The minimum atomic E-state index is 0.431. The molecule has 1 fully saturated rings. The third kappa shape index (κ3) is 3.88. The summed E-state index contributed by atoms with van der Waals surface area (Å²) < 4.78 is 10.7. The van der Waals surface area contributed by atoms with Crippen LogP contribution in [0.4, 0.5) is 11.5 Å². The molecule has 3 rings (SSSR count). The van der Waals surface area contributed by atoms with Crippen molar-refractivity contribution in [3.8, 4) is 11.5 Å². The van der Waals surface area contributed by atoms with Gasteiger partial charge in [-0.2, -0.15) is 0 Å². The summed E-state index contributed by atoms with van der Waals surface area (Å²) in [7, 11) is 3.33. The number of ether oxygens (including phenoxy) is 2. The minimum absolute atomic E-state index is 0.431. The molecule has 6 nitrogen and oxygen atoms in total. The summed E-state index contributed by atoms with van der Waals surface area (Å²) in [4.78, 5) is 10.9. The molecule has 0 radical (unpaired) electrons. The van der Waals surface area contributed by atoms with Gasteiger partial charge in [-0.25, -0.2) is 9.97 Å². The molecule has 1 N–H and O–H groups in total. The first kappa shape index (κ1) is 16.4. The van der Waals surface area contributed by atoms with Crippen molar-refractivity contribution in [2.75, 3.05) is 37.5 Å². The lowest BCUT2D eigenvalue weighted by Crippen LogP contribution is -2.39. The van der Waals surface area contributed by atoms with E-state index in [1.54, 1.807) is 20.5 Å². The summed E-state index contributed by atoms with van der Waals surface area (Å²) in [6, 6.07) is 8.36. The number of methoxy groups -OCH3 is 2. The molecular weight excluding hydrogens is 304 g/mol. The van der Waals surface area contributed by atoms with Crippen molar-refractivity contribution in [3.05, 3.63) is 36.3 Å². The standard InChI is InChI=1S/C18H24N4O2/c1-13-8-18(20-12-19-13)22-6-4-14(5-7-22)21-15-9-16(23-2)11-17(10-15)24-3/h8-12,14,21H,4-7H2,1-3H3. The molecule has 0 unspecified atom stereocenters. The van der Waals surface area contributed by atoms with E-state index in [4.69, 9.17) is 9.47 Å². The largest absolute Gasteiger partial charge is 0.497 e. The molecule has 6 heteroatoms. The lowest BCUT2D eigenvalue weighted by atomic mass is 10.0. The van der Waals surface area contributed by atoms with E-state index in [1.807, 2.05) is 31.2 Å². The van der Waals surface area contributed by atoms with E-state index in [1.165, 1.54) is 0 Å². The number of piperidine rings is 1. The fourth-order valence-electron chi connectivity index (χ4n) is 2.99. The average Bonchev–Trinajstić information content (AvgIpc) is 2.62. The second-order valence-corrected chi connectivity index (χ2v) is 6.02. The minimum Gasteiger partial charge on any atom is -0.497 e. The number of hydrogen-bond acceptors (Lipinski definition) is 6. The van der Waals surface area contributed by atoms with Gasteiger partial charge in [-0.3, -0.25) is 0 Å². The van der Waals surface area contributed by atoms with Crippen LogP contribution in [0, 0.1) is 6.92 Å². The van der Waals surface area contributed by atoms with Gasteiger partial charge < -0.3 is 19.7 Å². The second-order valence-electron chi connectivity index (χ2n) is 6.02. The predicted octanol–water partition coefficient (Wildman–Crippen LogP) is 2.88. The third-order valence-corrected chi connectivity index (χ3v) is 4.33. The van der Waals surface area contributed by atoms with Crippen LogP contribution < -0.4 is 19.7 Å². The molecule has 0 aliphatic carbocycles. The Morgan fingerprint density at radius 1 is 1.00 bits per heavy atom. The van der Waals surface area contributed by atoms with Gasteiger partial charge in [-0.15, -0.1) is 0 Å². The van der Waals surface area contributed by atoms with E-state index >= 15 is 0 Å². The maximum atomic E-state index is 5.33. The quantitative estimate of drug-likeness (QED) is 0.911. The number of nitrogens with one attached hydrogen (secondary N) is 1. The van der Waals surface area contributed by atoms with E-state index in [9.17, 15) is 0 Å². The Bertz CT molecular complexity index is 662. The molecule has 1 saturated heterocycles. The molecule has 24 heavy (non-hydrogen) atoms. The van der Waals surface area contributed by atoms with Crippen LogP contribution in [0.2, 0.25) is 0 Å². The van der Waals surface area contributed by atoms with Crippen LogP contribution >= 0.6 is 0 Å². The average molecular weight is 328 g/mol. The van der Waals surface area contributed by atoms with Gasteiger partial charge in [0, 0.05) is 54.8 Å². The van der Waals surface area contributed by atoms with Crippen molar-refractivity contribution in [1.29, 1.82) is 0 Å². The lowest BCUT2D eigenvalue weighted by Gasteiger charge is -2.33. The smallest absolute Gasteiger partial charge is 0.132 e. The van der Waals surface area contributed by atoms with E-state index < -0.39 is 0 Å². The Labute approximate surface area is 142 Å². The van der Waals surface area contributed by atoms with E-state index in [-0.39, 0.29) is 0 Å². The second kappa shape index (κ2) is 7.38. The highest BCUT2D eigenvalue weighted by molar-refractivity contribution is 5.54. The Balaban J connectivity index is 1.61. The molecule has 0 spiro atoms. The van der Waals surface area contributed by atoms with Gasteiger partial charge in [0.1, 0.15) is 23.6 Å². The summed E-state index contributed by atoms with van der Waals surface area (Å²) >= 11 is 0. The Morgan fingerprint density at radius 3 is 2.25 bits per heavy atom. The fraction of sp³-hybridized carbons (Fsp3) is 0.444. The Morgan fingerprint density at radius 2 is 1.67 bits per heavy atom. The van der Waals surface area contributed by atoms with Crippen LogP contribution in [-0.4, -0.2) is 43.3 Å². The van der Waals surface area contributed by atoms with Crippen molar-refractivity contribution < 1.29 is 9.47 Å². The van der Waals surface area contributed by atoms with Crippen molar-refractivity contribution in [2.24, 2.45) is 0 Å². The van der Waals surface area contributed by atoms with Crippen molar-refractivity contribution >= 4 is 11.5 Å². The van der Waals surface area contributed by atoms with Gasteiger partial charge >= 0.3 is 0 Å². The van der Waals surface area contributed by atoms with Crippen molar-refractivity contribution in [1.82, 2.24) is 9.97 Å². The molecule has 128 valence electrons. The molecule has 2 heterocycles. The topological polar surface area (TPSA) is 59.5 Å². The molecule has 0 atom stereocenters. The first-order valence-electron chi connectivity index (χ1n) is 8.21. The molecule has 0 amide bonds. The molecule has 0 bridgehead atoms. The van der Waals surface area contributed by atoms with Gasteiger partial charge in [0.2, 0.25) is 0 Å². The van der Waals surface area contributed by atoms with E-state index in [0.717, 1.165) is 54.6 Å². The molecule has 2 aromatic rings. The number of hydrogen-bond donors (Lipinski definition) is 1. The molecule has 0 saturated carbocycles. The van der Waals surface area contributed by atoms with Gasteiger partial charge in [0.25, 0.3) is 0 Å². The number of aromatic nitrogens is 2. The number of nitrogens with zero attached hydrogens (tertiary/aromatic N) is 3. The normalized spacial score (nSPS) is 15.2. The van der Waals surface area contributed by atoms with Crippen LogP contribution in [0.1, 0.15) is 18.5 Å². The third-order valence-electron chi connectivity index (χ3n) is 4.33. The van der Waals surface area contributed by atoms with Crippen LogP contribution in [0.15, 0.2) is 30.6 Å². The fourth-order valence-corrected chi connectivity index (χ4v) is 2.99. The molecule has 1 aromatic carbocycles. The zero-order valence-electron chi connectivity index (χ0n) is 14.5. The summed E-state index contributed by atoms with van der Waals surface area (Å²) in [6.45, 7) is 3.96. The highest BCUT2D eigenvalue weighted by Crippen LogP contribution is 2.28. The number of aryl methyl sites for hydroxylation is 1. The Hall–Kier alpha value is -2.50. The van der Waals surface area contributed by atoms with E-state index in [0.29, 0.717) is 6.04 Å². The highest BCUT2D eigenvalue weighted by Gasteiger charge is 2.20. The first-order chi connectivity index (χ1) is 11.7. The predicted molar refractivity (Wildman–Crippen MR) is 95.2 cm³/mol. The summed E-state index contributed by atoms with van der Waals surface area (Å²) in [5.74, 6) is 2.61. The van der Waals surface area contributed by atoms with Crippen LogP contribution in [0.5, 0.6) is 11.5 Å². The first-order valence-corrected chi connectivity index (χ1v) is 8.21. The molecule has 1 aliphatic rings. The maximum Gasteiger partial charge on any atom is 0.132 e. The Kier molecular flexibility index (Phi) is 5.03. The number of rotatable bonds is 5. The molecule has 1 aromatic heterocycles. The van der Waals surface area contributed by atoms with Gasteiger partial charge in [0.15, 0.2) is 0 Å². The van der Waals surface area contributed by atoms with Crippen molar-refractivity contribution in [2.45, 2.75) is 25.8 Å². The lowest BCUT2D eigenvalue weighted by molar-refractivity contribution is 0.394. The monoisotopic (exact) mass is 328 g/mol. The summed E-state index contributed by atoms with van der Waals surface area (Å²) in [5.41, 5.74) is 2.03. The van der Waals surface area contributed by atoms with Gasteiger partial charge in [0.05, 0.1) is 14.2 Å². The van der Waals surface area contributed by atoms with Crippen LogP contribution in [-0.2, 0) is 0 Å². The zero-order chi connectivity index (χ0) is 16.9. The number of anilines is 2. The SMILES string of the molecule is COc1cc(NC2CCN(c3cc(C)ncn3)CC2)cc(OC)c1. The van der Waals surface area contributed by atoms with E-state index in [2.05, 4.69) is 20.2 Å². The summed E-state index contributed by atoms with van der Waals surface area (Å²) in [6.07, 6.45) is 3.75. The molecular formula is C18H24N4O2. The highest BCUT2D eigenvalue weighted by atomic mass is 16.5. The van der Waals surface area contributed by atoms with Crippen LogP contribution in [0.3, 0.4) is 0 Å². The summed E-state index contributed by atoms with van der Waals surface area (Å²) in [5, 5.41) is 3.59. The zero-order valence-corrected chi connectivity index (χ0v) is 14.5. The van der Waals surface area contributed by atoms with Gasteiger partial charge in [-0.05, 0) is 19.8 Å². The maximum absolute atomic E-state index is 5.33. The number of benzene rings is 1. The van der Waals surface area contributed by atoms with Gasteiger partial charge in [-0.1, -0.05) is 0 Å². The van der Waals surface area contributed by atoms with Crippen molar-refractivity contribution in [3.63, 3.8) is 0 Å². The molecule has 1 aliphatic heterocycles. The van der Waals surface area contributed by atoms with Crippen LogP contribution in [0.25, 0.3) is 0 Å².